The number of nitrogens with one attached hydrogen (secondary N) is 2. The second-order valence-corrected chi connectivity index (χ2v) is 4.03. The lowest BCUT2D eigenvalue weighted by atomic mass is 10.2. The molecule has 1 aliphatic heterocycles. The summed E-state index contributed by atoms with van der Waals surface area (Å²) in [4.78, 5) is 10.8. The van der Waals surface area contributed by atoms with Crippen molar-refractivity contribution in [2.45, 2.75) is 6.92 Å². The Kier molecular flexibility index (Phi) is 2.78. The van der Waals surface area contributed by atoms with Gasteiger partial charge in [0.25, 0.3) is 0 Å². The van der Waals surface area contributed by atoms with Gasteiger partial charge in [0.2, 0.25) is 5.91 Å². The molecule has 1 amide bonds. The van der Waals surface area contributed by atoms with E-state index >= 15 is 0 Å². The Labute approximate surface area is 92.1 Å². The lowest BCUT2D eigenvalue weighted by Gasteiger charge is -2.07. The molecule has 1 radical (unpaired) electrons. The van der Waals surface area contributed by atoms with Crippen LogP contribution in [0.25, 0.3) is 5.70 Å². The summed E-state index contributed by atoms with van der Waals surface area (Å²) in [5.41, 5.74) is 2.13. The number of hydrogen-bond donors (Lipinski definition) is 2. The molecule has 0 aliphatic carbocycles. The third-order valence-corrected chi connectivity index (χ3v) is 2.71. The van der Waals surface area contributed by atoms with Crippen LogP contribution in [0.2, 0.25) is 0 Å². The Morgan fingerprint density at radius 2 is 2.07 bits per heavy atom. The molecular weight excluding hydrogens is 208 g/mol. The largest absolute Gasteiger partial charge is 0.332 e. The molecule has 4 heteroatoms. The Bertz CT molecular complexity index is 437. The lowest BCUT2D eigenvalue weighted by Crippen LogP contribution is -2.35. The van der Waals surface area contributed by atoms with Gasteiger partial charge in [-0.05, 0) is 5.56 Å². The van der Waals surface area contributed by atoms with Crippen molar-refractivity contribution < 1.29 is 4.79 Å². The topological polar surface area (TPSA) is 41.1 Å². The van der Waals surface area contributed by atoms with E-state index in [2.05, 4.69) is 10.6 Å². The van der Waals surface area contributed by atoms with Gasteiger partial charge in [-0.3, -0.25) is 4.79 Å². The van der Waals surface area contributed by atoms with E-state index in [9.17, 15) is 4.79 Å². The summed E-state index contributed by atoms with van der Waals surface area (Å²) in [7, 11) is 0. The van der Waals surface area contributed by atoms with Crippen molar-refractivity contribution in [2.75, 3.05) is 0 Å². The van der Waals surface area contributed by atoms with E-state index in [-0.39, 0.29) is 5.91 Å². The summed E-state index contributed by atoms with van der Waals surface area (Å²) >= 11 is 1.49. The van der Waals surface area contributed by atoms with Gasteiger partial charge >= 0.3 is 0 Å². The molecule has 15 heavy (non-hydrogen) atoms. The van der Waals surface area contributed by atoms with Gasteiger partial charge in [0.05, 0.1) is 5.70 Å². The normalized spacial score (nSPS) is 13.9. The maximum absolute atomic E-state index is 10.8. The van der Waals surface area contributed by atoms with Crippen LogP contribution in [0.15, 0.2) is 35.7 Å². The molecule has 0 unspecified atom stereocenters. The van der Waals surface area contributed by atoms with Crippen LogP contribution in [0.1, 0.15) is 12.5 Å². The van der Waals surface area contributed by atoms with Gasteiger partial charge in [0.1, 0.15) is 0 Å². The molecule has 0 saturated carbocycles. The minimum atomic E-state index is -0.0623. The molecule has 1 heterocycles. The highest BCUT2D eigenvalue weighted by atomic mass is 32.1. The van der Waals surface area contributed by atoms with Gasteiger partial charge < -0.3 is 10.6 Å². The molecule has 0 fully saturated rings. The third kappa shape index (κ3) is 2.41. The van der Waals surface area contributed by atoms with Gasteiger partial charge in [-0.25, -0.2) is 0 Å². The summed E-state index contributed by atoms with van der Waals surface area (Å²) in [6, 6.07) is 9.99. The van der Waals surface area contributed by atoms with Crippen LogP contribution in [0.5, 0.6) is 0 Å². The van der Waals surface area contributed by atoms with Gasteiger partial charge in [0, 0.05) is 12.3 Å². The van der Waals surface area contributed by atoms with E-state index < -0.39 is 0 Å². The zero-order chi connectivity index (χ0) is 10.7. The minimum Gasteiger partial charge on any atom is -0.332 e. The minimum absolute atomic E-state index is 0.0623. The van der Waals surface area contributed by atoms with E-state index in [0.29, 0.717) is 0 Å². The second kappa shape index (κ2) is 4.23. The first kappa shape index (κ1) is 9.86. The zero-order valence-corrected chi connectivity index (χ0v) is 9.10. The van der Waals surface area contributed by atoms with Crippen molar-refractivity contribution >= 4 is 28.1 Å². The van der Waals surface area contributed by atoms with Crippen molar-refractivity contribution in [1.29, 1.82) is 0 Å². The quantitative estimate of drug-likeness (QED) is 0.703. The van der Waals surface area contributed by atoms with Crippen LogP contribution in [0, 0.1) is 0 Å². The van der Waals surface area contributed by atoms with Crippen molar-refractivity contribution in [3.8, 4) is 0 Å². The molecule has 0 bridgehead atoms. The maximum atomic E-state index is 10.8. The van der Waals surface area contributed by atoms with Crippen molar-refractivity contribution in [2.24, 2.45) is 0 Å². The summed E-state index contributed by atoms with van der Waals surface area (Å²) in [5, 5.41) is 8.62. The fourth-order valence-corrected chi connectivity index (χ4v) is 2.08. The van der Waals surface area contributed by atoms with Gasteiger partial charge in [-0.2, -0.15) is 0 Å². The van der Waals surface area contributed by atoms with Crippen LogP contribution in [-0.4, -0.2) is 11.0 Å². The highest BCUT2D eigenvalue weighted by Gasteiger charge is 2.10. The van der Waals surface area contributed by atoms with E-state index in [1.807, 2.05) is 35.7 Å². The molecular formula is C11H11N2OS. The molecule has 3 nitrogen and oxygen atoms in total. The number of rotatable bonds is 1. The van der Waals surface area contributed by atoms with Crippen LogP contribution in [0.3, 0.4) is 0 Å². The van der Waals surface area contributed by atoms with E-state index in [4.69, 9.17) is 0 Å². The number of benzene rings is 1. The molecule has 2 rings (SSSR count). The smallest absolute Gasteiger partial charge is 0.222 e. The Morgan fingerprint density at radius 1 is 1.33 bits per heavy atom. The van der Waals surface area contributed by atoms with Crippen molar-refractivity contribution in [3.63, 3.8) is 0 Å². The van der Waals surface area contributed by atoms with Crippen LogP contribution in [-0.2, 0) is 4.79 Å². The summed E-state index contributed by atoms with van der Waals surface area (Å²) in [6.07, 6.45) is 0. The fraction of sp³-hybridized carbons (Fsp3) is 0.0909. The molecule has 1 aliphatic rings. The number of amides is 1. The highest BCUT2D eigenvalue weighted by molar-refractivity contribution is 8.02. The van der Waals surface area contributed by atoms with Crippen molar-refractivity contribution in [3.05, 3.63) is 41.3 Å². The average molecular weight is 219 g/mol. The van der Waals surface area contributed by atoms with Gasteiger partial charge in [-0.15, -0.1) is 11.4 Å². The predicted octanol–water partition coefficient (Wildman–Crippen LogP) is 1.54. The molecule has 0 aromatic heterocycles. The Balaban J connectivity index is 2.05. The highest BCUT2D eigenvalue weighted by Crippen LogP contribution is 2.17. The van der Waals surface area contributed by atoms with Crippen molar-refractivity contribution in [1.82, 2.24) is 10.6 Å². The first-order valence-corrected chi connectivity index (χ1v) is 5.47. The molecule has 0 saturated heterocycles. The lowest BCUT2D eigenvalue weighted by molar-refractivity contribution is -0.117. The first-order chi connectivity index (χ1) is 7.25. The van der Waals surface area contributed by atoms with Crippen LogP contribution < -0.4 is 10.6 Å². The Morgan fingerprint density at radius 3 is 2.73 bits per heavy atom. The number of carbonyl (C=O) groups excluding carboxylic acids is 1. The van der Waals surface area contributed by atoms with E-state index in [1.54, 1.807) is 0 Å². The second-order valence-electron chi connectivity index (χ2n) is 3.15. The molecule has 0 spiro atoms. The van der Waals surface area contributed by atoms with Gasteiger partial charge in [-0.1, -0.05) is 30.3 Å². The predicted molar refractivity (Wildman–Crippen MR) is 64.0 cm³/mol. The molecule has 77 valence electrons. The van der Waals surface area contributed by atoms with E-state index in [0.717, 1.165) is 16.4 Å². The molecule has 1 aromatic rings. The van der Waals surface area contributed by atoms with Gasteiger partial charge in [0.15, 0.2) is 5.11 Å². The summed E-state index contributed by atoms with van der Waals surface area (Å²) in [5.74, 6) is -0.0623. The molecule has 2 N–H and O–H groups in total. The standard InChI is InChI=1S/C11H11N2OS/c1-8(14)12-11-13-10(7-15-11)9-5-3-2-4-6-9/h2-7,13H,1H3,(H,12,14). The third-order valence-electron chi connectivity index (χ3n) is 1.92. The average Bonchev–Trinajstić information content (AvgIpc) is 2.67. The van der Waals surface area contributed by atoms with E-state index in [1.165, 1.54) is 18.3 Å². The fourth-order valence-electron chi connectivity index (χ4n) is 1.28. The maximum Gasteiger partial charge on any atom is 0.222 e. The molecule has 1 aromatic carbocycles. The number of carbonyl (C=O) groups is 1. The zero-order valence-electron chi connectivity index (χ0n) is 8.28. The summed E-state index contributed by atoms with van der Waals surface area (Å²) < 4.78 is 0. The first-order valence-electron chi connectivity index (χ1n) is 4.59. The van der Waals surface area contributed by atoms with Crippen LogP contribution in [0.4, 0.5) is 0 Å². The SMILES string of the molecule is CC(=O)NC1=[S]C=C(c2ccccc2)N1. The summed E-state index contributed by atoms with van der Waals surface area (Å²) in [6.45, 7) is 1.50. The van der Waals surface area contributed by atoms with Crippen LogP contribution >= 0.6 is 11.4 Å². The monoisotopic (exact) mass is 219 g/mol. The Hall–Kier alpha value is -1.68. The molecule has 0 atom stereocenters. The number of hydrogen-bond acceptors (Lipinski definition) is 2.